The zero-order chi connectivity index (χ0) is 31.5. The average molecular weight is 665 g/mol. The van der Waals surface area contributed by atoms with Crippen LogP contribution in [0.5, 0.6) is 0 Å². The Morgan fingerprint density at radius 3 is 2.10 bits per heavy atom. The zero-order valence-corrected chi connectivity index (χ0v) is 23.9. The molecule has 1 aliphatic carbocycles. The summed E-state index contributed by atoms with van der Waals surface area (Å²) in [6, 6.07) is 8.47. The summed E-state index contributed by atoms with van der Waals surface area (Å²) >= 11 is 17.8. The fraction of sp³-hybridized carbons (Fsp3) is 0.423. The van der Waals surface area contributed by atoms with Gasteiger partial charge in [0.05, 0.1) is 27.3 Å². The van der Waals surface area contributed by atoms with Gasteiger partial charge >= 0.3 is 12.4 Å². The SMILES string of the molecule is CC1CC(F)(c2ccc(C3=NOC(c4cc(Cl)c(Cl)c(Cl)c4)(C(F)(F)F)C3)cc2)C1.O=CNCC(=O)NCC(F)(F)F. The lowest BCUT2D eigenvalue weighted by molar-refractivity contribution is -0.275. The first-order valence-corrected chi connectivity index (χ1v) is 13.3. The van der Waals surface area contributed by atoms with Crippen LogP contribution in [0.4, 0.5) is 30.7 Å². The van der Waals surface area contributed by atoms with Gasteiger partial charge in [-0.25, -0.2) is 4.39 Å². The molecule has 1 atom stereocenters. The Balaban J connectivity index is 0.000000343. The lowest BCUT2D eigenvalue weighted by Crippen LogP contribution is -2.42. The van der Waals surface area contributed by atoms with E-state index in [9.17, 15) is 40.3 Å². The van der Waals surface area contributed by atoms with Gasteiger partial charge in [-0.15, -0.1) is 0 Å². The van der Waals surface area contributed by atoms with Crippen LogP contribution in [0.1, 0.15) is 42.9 Å². The highest BCUT2D eigenvalue weighted by Gasteiger charge is 2.62. The number of hydrogen-bond acceptors (Lipinski definition) is 4. The molecule has 2 aromatic rings. The van der Waals surface area contributed by atoms with Crippen molar-refractivity contribution >= 4 is 52.8 Å². The highest BCUT2D eigenvalue weighted by atomic mass is 35.5. The minimum Gasteiger partial charge on any atom is -0.374 e. The molecule has 6 nitrogen and oxygen atoms in total. The van der Waals surface area contributed by atoms with Gasteiger partial charge in [-0.3, -0.25) is 9.59 Å². The van der Waals surface area contributed by atoms with E-state index in [0.717, 1.165) is 12.1 Å². The normalized spacial score (nSPS) is 23.5. The van der Waals surface area contributed by atoms with Gasteiger partial charge in [-0.1, -0.05) is 71.1 Å². The van der Waals surface area contributed by atoms with Crippen molar-refractivity contribution in [2.45, 2.75) is 49.8 Å². The molecule has 0 radical (unpaired) electrons. The monoisotopic (exact) mass is 663 g/mol. The van der Waals surface area contributed by atoms with Crippen LogP contribution >= 0.6 is 34.8 Å². The molecule has 0 aromatic heterocycles. The predicted molar refractivity (Wildman–Crippen MR) is 142 cm³/mol. The fourth-order valence-electron chi connectivity index (χ4n) is 4.48. The molecule has 1 saturated carbocycles. The molecule has 2 N–H and O–H groups in total. The third-order valence-corrected chi connectivity index (χ3v) is 7.74. The van der Waals surface area contributed by atoms with Gasteiger partial charge in [0.25, 0.3) is 5.60 Å². The molecular formula is C26H23Cl3F7N3O3. The second kappa shape index (κ2) is 12.8. The summed E-state index contributed by atoms with van der Waals surface area (Å²) in [5.74, 6) is -0.563. The molecule has 2 aliphatic rings. The molecule has 2 aromatic carbocycles. The van der Waals surface area contributed by atoms with Gasteiger partial charge in [0.1, 0.15) is 12.2 Å². The highest BCUT2D eigenvalue weighted by Crippen LogP contribution is 2.51. The van der Waals surface area contributed by atoms with E-state index in [-0.39, 0.29) is 32.8 Å². The van der Waals surface area contributed by atoms with E-state index in [4.69, 9.17) is 39.6 Å². The molecule has 4 rings (SSSR count). The molecule has 2 amide bonds. The maximum absolute atomic E-state index is 14.8. The largest absolute Gasteiger partial charge is 0.435 e. The van der Waals surface area contributed by atoms with Gasteiger partial charge < -0.3 is 15.5 Å². The van der Waals surface area contributed by atoms with Crippen molar-refractivity contribution in [1.82, 2.24) is 10.6 Å². The van der Waals surface area contributed by atoms with Crippen molar-refractivity contribution in [2.24, 2.45) is 11.1 Å². The van der Waals surface area contributed by atoms with Crippen molar-refractivity contribution in [3.63, 3.8) is 0 Å². The first-order chi connectivity index (χ1) is 19.4. The number of rotatable bonds is 7. The van der Waals surface area contributed by atoms with E-state index in [1.54, 1.807) is 29.6 Å². The van der Waals surface area contributed by atoms with Crippen LogP contribution < -0.4 is 10.6 Å². The van der Waals surface area contributed by atoms with E-state index in [0.29, 0.717) is 29.9 Å². The molecule has 16 heteroatoms. The van der Waals surface area contributed by atoms with Crippen LogP contribution in [0.2, 0.25) is 15.1 Å². The van der Waals surface area contributed by atoms with Crippen molar-refractivity contribution in [3.8, 4) is 0 Å². The van der Waals surface area contributed by atoms with Crippen LogP contribution in [0.15, 0.2) is 41.6 Å². The maximum atomic E-state index is 14.8. The summed E-state index contributed by atoms with van der Waals surface area (Å²) in [6.07, 6.45) is -8.70. The molecule has 1 heterocycles. The number of benzene rings is 2. The summed E-state index contributed by atoms with van der Waals surface area (Å²) in [5, 5.41) is 6.92. The van der Waals surface area contributed by atoms with Crippen molar-refractivity contribution in [2.75, 3.05) is 13.1 Å². The fourth-order valence-corrected chi connectivity index (χ4v) is 5.08. The number of halogens is 10. The zero-order valence-electron chi connectivity index (χ0n) is 21.6. The molecule has 0 saturated heterocycles. The summed E-state index contributed by atoms with van der Waals surface area (Å²) in [5.41, 5.74) is -3.39. The van der Waals surface area contributed by atoms with Crippen LogP contribution in [0, 0.1) is 5.92 Å². The summed E-state index contributed by atoms with van der Waals surface area (Å²) < 4.78 is 91.4. The topological polar surface area (TPSA) is 79.8 Å². The molecule has 230 valence electrons. The first kappa shape index (κ1) is 33.7. The van der Waals surface area contributed by atoms with E-state index in [2.05, 4.69) is 5.16 Å². The molecule has 42 heavy (non-hydrogen) atoms. The molecular weight excluding hydrogens is 642 g/mol. The molecule has 1 fully saturated rings. The van der Waals surface area contributed by atoms with E-state index >= 15 is 0 Å². The van der Waals surface area contributed by atoms with Crippen molar-refractivity contribution in [3.05, 3.63) is 68.2 Å². The number of alkyl halides is 7. The Bertz CT molecular complexity index is 1310. The number of hydrogen-bond donors (Lipinski definition) is 2. The van der Waals surface area contributed by atoms with Crippen molar-refractivity contribution < 1.29 is 45.2 Å². The van der Waals surface area contributed by atoms with Gasteiger partial charge in [-0.2, -0.15) is 26.3 Å². The second-order valence-corrected chi connectivity index (χ2v) is 11.0. The van der Waals surface area contributed by atoms with E-state index in [1.807, 2.05) is 12.2 Å². The number of nitrogens with one attached hydrogen (secondary N) is 2. The Kier molecular flexibility index (Phi) is 10.3. The first-order valence-electron chi connectivity index (χ1n) is 12.2. The molecule has 0 spiro atoms. The third kappa shape index (κ3) is 7.78. The van der Waals surface area contributed by atoms with Crippen LogP contribution in [0.25, 0.3) is 0 Å². The quantitative estimate of drug-likeness (QED) is 0.186. The molecule has 1 unspecified atom stereocenters. The maximum Gasteiger partial charge on any atom is 0.435 e. The Morgan fingerprint density at radius 1 is 1.05 bits per heavy atom. The standard InChI is InChI=1S/C21H16Cl3F4NO.C5H7F3N2O2/c1-11-8-19(25,9-11)13-4-2-12(3-5-13)17-10-20(30-29-17,21(26,27)28)14-6-15(22)18(24)16(23)7-14;6-5(7,8)2-10-4(12)1-9-3-11/h2-7,11H,8-10H2,1H3;3H,1-2H2,(H,9,11)(H,10,12). The number of carbonyl (C=O) groups excluding carboxylic acids is 2. The average Bonchev–Trinajstić information content (AvgIpc) is 3.35. The van der Waals surface area contributed by atoms with E-state index < -0.39 is 49.0 Å². The van der Waals surface area contributed by atoms with Crippen molar-refractivity contribution in [1.29, 1.82) is 0 Å². The Hall–Kier alpha value is -2.77. The minimum absolute atomic E-state index is 0.0420. The van der Waals surface area contributed by atoms with Crippen LogP contribution in [-0.2, 0) is 25.7 Å². The van der Waals surface area contributed by atoms with Gasteiger partial charge in [-0.05, 0) is 42.0 Å². The predicted octanol–water partition coefficient (Wildman–Crippen LogP) is 7.23. The van der Waals surface area contributed by atoms with Crippen LogP contribution in [-0.4, -0.2) is 43.5 Å². The number of carbonyl (C=O) groups is 2. The minimum atomic E-state index is -4.80. The third-order valence-electron chi connectivity index (χ3n) is 6.55. The highest BCUT2D eigenvalue weighted by molar-refractivity contribution is 6.48. The summed E-state index contributed by atoms with van der Waals surface area (Å²) in [4.78, 5) is 25.0. The number of oxime groups is 1. The van der Waals surface area contributed by atoms with Crippen LogP contribution in [0.3, 0.4) is 0 Å². The molecule has 1 aliphatic heterocycles. The smallest absolute Gasteiger partial charge is 0.374 e. The van der Waals surface area contributed by atoms with E-state index in [1.165, 1.54) is 0 Å². The van der Waals surface area contributed by atoms with Gasteiger partial charge in [0, 0.05) is 12.0 Å². The Labute approximate surface area is 250 Å². The Morgan fingerprint density at radius 2 is 1.62 bits per heavy atom. The lowest BCUT2D eigenvalue weighted by atomic mass is 9.69. The number of nitrogens with zero attached hydrogens (tertiary/aromatic N) is 1. The lowest BCUT2D eigenvalue weighted by Gasteiger charge is -2.40. The summed E-state index contributed by atoms with van der Waals surface area (Å²) in [6.45, 7) is 0.148. The molecule has 0 bridgehead atoms. The number of amides is 2. The van der Waals surface area contributed by atoms with Gasteiger partial charge in [0.2, 0.25) is 12.3 Å². The van der Waals surface area contributed by atoms with Gasteiger partial charge in [0.15, 0.2) is 0 Å². The second-order valence-electron chi connectivity index (χ2n) is 9.83. The summed E-state index contributed by atoms with van der Waals surface area (Å²) in [7, 11) is 0.